The Morgan fingerprint density at radius 3 is 2.11 bits per heavy atom. The predicted octanol–water partition coefficient (Wildman–Crippen LogP) is 2.37. The van der Waals surface area contributed by atoms with Gasteiger partial charge in [-0.2, -0.15) is 0 Å². The Balaban J connectivity index is 1.93. The minimum atomic E-state index is -1.15. The van der Waals surface area contributed by atoms with Crippen molar-refractivity contribution in [2.24, 2.45) is 0 Å². The number of ether oxygens (including phenoxy) is 1. The number of hydrogen-bond donors (Lipinski definition) is 0. The van der Waals surface area contributed by atoms with Crippen LogP contribution in [0.3, 0.4) is 0 Å². The zero-order chi connectivity index (χ0) is 19.6. The number of amides is 2. The van der Waals surface area contributed by atoms with E-state index in [1.165, 1.54) is 36.4 Å². The average molecular weight is 368 g/mol. The summed E-state index contributed by atoms with van der Waals surface area (Å²) in [6.45, 7) is 1.72. The van der Waals surface area contributed by atoms with Gasteiger partial charge in [0.15, 0.2) is 0 Å². The molecular weight excluding hydrogens is 352 g/mol. The molecule has 0 aromatic heterocycles. The van der Waals surface area contributed by atoms with Gasteiger partial charge in [-0.25, -0.2) is 4.79 Å². The molecule has 138 valence electrons. The number of imide groups is 1. The lowest BCUT2D eigenvalue weighted by Crippen LogP contribution is -2.47. The van der Waals surface area contributed by atoms with Crippen molar-refractivity contribution in [1.82, 2.24) is 4.90 Å². The van der Waals surface area contributed by atoms with Crippen molar-refractivity contribution < 1.29 is 24.0 Å². The van der Waals surface area contributed by atoms with Gasteiger partial charge in [0.2, 0.25) is 0 Å². The molecule has 2 aromatic rings. The average Bonchev–Trinajstić information content (AvgIpc) is 2.91. The maximum absolute atomic E-state index is 12.7. The number of nitro groups is 1. The molecule has 0 aliphatic carbocycles. The van der Waals surface area contributed by atoms with Crippen LogP contribution in [0.25, 0.3) is 0 Å². The highest BCUT2D eigenvalue weighted by atomic mass is 16.6. The van der Waals surface area contributed by atoms with Gasteiger partial charge in [-0.1, -0.05) is 24.3 Å². The number of nitrogens with zero attached hydrogens (tertiary/aromatic N) is 2. The Morgan fingerprint density at radius 1 is 1.07 bits per heavy atom. The molecule has 0 fully saturated rings. The topological polar surface area (TPSA) is 107 Å². The van der Waals surface area contributed by atoms with Crippen LogP contribution in [-0.2, 0) is 16.0 Å². The van der Waals surface area contributed by atoms with Crippen molar-refractivity contribution in [3.05, 3.63) is 75.3 Å². The molecule has 0 saturated carbocycles. The summed E-state index contributed by atoms with van der Waals surface area (Å²) in [5.74, 6) is -1.82. The first kappa shape index (κ1) is 18.2. The molecule has 27 heavy (non-hydrogen) atoms. The molecule has 3 rings (SSSR count). The second-order valence-corrected chi connectivity index (χ2v) is 5.92. The molecule has 1 heterocycles. The first-order valence-corrected chi connectivity index (χ1v) is 8.31. The summed E-state index contributed by atoms with van der Waals surface area (Å²) in [4.78, 5) is 49.0. The molecule has 0 N–H and O–H groups in total. The molecule has 0 radical (unpaired) electrons. The largest absolute Gasteiger partial charge is 0.464 e. The van der Waals surface area contributed by atoms with Crippen molar-refractivity contribution >= 4 is 23.5 Å². The highest BCUT2D eigenvalue weighted by Crippen LogP contribution is 2.26. The molecule has 1 atom stereocenters. The van der Waals surface area contributed by atoms with Crippen LogP contribution in [0, 0.1) is 10.1 Å². The van der Waals surface area contributed by atoms with E-state index < -0.39 is 28.7 Å². The summed E-state index contributed by atoms with van der Waals surface area (Å²) >= 11 is 0. The van der Waals surface area contributed by atoms with Crippen LogP contribution in [0.15, 0.2) is 48.5 Å². The molecule has 0 bridgehead atoms. The standard InChI is InChI=1S/C19H16N2O6/c1-2-27-19(24)16(11-12-7-9-13(10-8-12)21(25)26)20-17(22)14-5-3-4-6-15(14)18(20)23/h3-10,16H,2,11H2,1H3/t16-/m1/s1. The van der Waals surface area contributed by atoms with Crippen molar-refractivity contribution in [2.75, 3.05) is 6.61 Å². The lowest BCUT2D eigenvalue weighted by atomic mass is 10.0. The monoisotopic (exact) mass is 368 g/mol. The minimum absolute atomic E-state index is 0.00228. The van der Waals surface area contributed by atoms with Crippen molar-refractivity contribution in [2.45, 2.75) is 19.4 Å². The number of nitro benzene ring substituents is 1. The molecular formula is C19H16N2O6. The number of non-ortho nitro benzene ring substituents is 1. The van der Waals surface area contributed by atoms with Crippen molar-refractivity contribution in [3.8, 4) is 0 Å². The first-order chi connectivity index (χ1) is 12.9. The van der Waals surface area contributed by atoms with E-state index >= 15 is 0 Å². The summed E-state index contributed by atoms with van der Waals surface area (Å²) < 4.78 is 5.05. The third-order valence-corrected chi connectivity index (χ3v) is 4.27. The van der Waals surface area contributed by atoms with Crippen molar-refractivity contribution in [3.63, 3.8) is 0 Å². The second-order valence-electron chi connectivity index (χ2n) is 5.92. The molecule has 0 spiro atoms. The number of rotatable bonds is 6. The summed E-state index contributed by atoms with van der Waals surface area (Å²) in [6, 6.07) is 10.8. The van der Waals surface area contributed by atoms with E-state index in [1.54, 1.807) is 19.1 Å². The molecule has 1 aliphatic rings. The van der Waals surface area contributed by atoms with E-state index in [9.17, 15) is 24.5 Å². The maximum atomic E-state index is 12.7. The fourth-order valence-electron chi connectivity index (χ4n) is 2.99. The lowest BCUT2D eigenvalue weighted by molar-refractivity contribution is -0.384. The number of carbonyl (C=O) groups excluding carboxylic acids is 3. The van der Waals surface area contributed by atoms with Crippen molar-refractivity contribution in [1.29, 1.82) is 0 Å². The molecule has 0 unspecified atom stereocenters. The van der Waals surface area contributed by atoms with Gasteiger partial charge in [-0.15, -0.1) is 0 Å². The Hall–Kier alpha value is -3.55. The Morgan fingerprint density at radius 2 is 1.63 bits per heavy atom. The second kappa shape index (κ2) is 7.36. The van der Waals surface area contributed by atoms with Gasteiger partial charge in [-0.3, -0.25) is 24.6 Å². The number of fused-ring (bicyclic) bond motifs is 1. The van der Waals surface area contributed by atoms with Gasteiger partial charge in [0.1, 0.15) is 6.04 Å². The minimum Gasteiger partial charge on any atom is -0.464 e. The first-order valence-electron chi connectivity index (χ1n) is 8.31. The van der Waals surface area contributed by atoms with E-state index in [0.29, 0.717) is 5.56 Å². The van der Waals surface area contributed by atoms with Gasteiger partial charge in [0.25, 0.3) is 17.5 Å². The zero-order valence-corrected chi connectivity index (χ0v) is 14.5. The summed E-state index contributed by atoms with van der Waals surface area (Å²) in [7, 11) is 0. The van der Waals surface area contributed by atoms with Crippen LogP contribution in [0.4, 0.5) is 5.69 Å². The molecule has 2 aromatic carbocycles. The lowest BCUT2D eigenvalue weighted by Gasteiger charge is -2.24. The van der Waals surface area contributed by atoms with E-state index in [0.717, 1.165) is 4.90 Å². The van der Waals surface area contributed by atoms with Crippen LogP contribution in [-0.4, -0.2) is 40.3 Å². The smallest absolute Gasteiger partial charge is 0.329 e. The van der Waals surface area contributed by atoms with Crippen LogP contribution in [0.1, 0.15) is 33.2 Å². The quantitative estimate of drug-likeness (QED) is 0.335. The van der Waals surface area contributed by atoms with Gasteiger partial charge < -0.3 is 4.74 Å². The Kier molecular flexibility index (Phi) is 4.98. The number of carbonyl (C=O) groups is 3. The summed E-state index contributed by atoms with van der Waals surface area (Å²) in [5.41, 5.74) is 0.948. The van der Waals surface area contributed by atoms with Crippen LogP contribution >= 0.6 is 0 Å². The predicted molar refractivity (Wildman–Crippen MR) is 94.2 cm³/mol. The zero-order valence-electron chi connectivity index (χ0n) is 14.5. The third-order valence-electron chi connectivity index (χ3n) is 4.27. The highest BCUT2D eigenvalue weighted by molar-refractivity contribution is 6.22. The molecule has 0 saturated heterocycles. The number of hydrogen-bond acceptors (Lipinski definition) is 6. The fraction of sp³-hybridized carbons (Fsp3) is 0.211. The highest BCUT2D eigenvalue weighted by Gasteiger charge is 2.43. The van der Waals surface area contributed by atoms with Gasteiger partial charge in [-0.05, 0) is 24.6 Å². The number of benzene rings is 2. The summed E-state index contributed by atoms with van der Waals surface area (Å²) in [5, 5.41) is 10.8. The Bertz CT molecular complexity index is 887. The number of esters is 1. The van der Waals surface area contributed by atoms with E-state index in [1.807, 2.05) is 0 Å². The SMILES string of the molecule is CCOC(=O)[C@@H](Cc1ccc([N+](=O)[O-])cc1)N1C(=O)c2ccccc2C1=O. The molecule has 2 amide bonds. The van der Waals surface area contributed by atoms with E-state index in [4.69, 9.17) is 4.74 Å². The normalized spacial score (nSPS) is 14.0. The van der Waals surface area contributed by atoms with Gasteiger partial charge >= 0.3 is 5.97 Å². The Labute approximate surface area is 154 Å². The molecule has 8 nitrogen and oxygen atoms in total. The summed E-state index contributed by atoms with van der Waals surface area (Å²) in [6.07, 6.45) is 0.00228. The maximum Gasteiger partial charge on any atom is 0.329 e. The van der Waals surface area contributed by atoms with Crippen LogP contribution in [0.2, 0.25) is 0 Å². The third kappa shape index (κ3) is 3.41. The fourth-order valence-corrected chi connectivity index (χ4v) is 2.99. The van der Waals surface area contributed by atoms with Crippen LogP contribution < -0.4 is 0 Å². The van der Waals surface area contributed by atoms with E-state index in [2.05, 4.69) is 0 Å². The van der Waals surface area contributed by atoms with Crippen LogP contribution in [0.5, 0.6) is 0 Å². The molecule has 1 aliphatic heterocycles. The van der Waals surface area contributed by atoms with Gasteiger partial charge in [0, 0.05) is 18.6 Å². The van der Waals surface area contributed by atoms with E-state index in [-0.39, 0.29) is 29.8 Å². The molecule has 8 heteroatoms. The van der Waals surface area contributed by atoms with Gasteiger partial charge in [0.05, 0.1) is 22.7 Å².